The van der Waals surface area contributed by atoms with E-state index in [1.54, 1.807) is 19.1 Å². The van der Waals surface area contributed by atoms with Crippen LogP contribution in [0.3, 0.4) is 0 Å². The summed E-state index contributed by atoms with van der Waals surface area (Å²) in [6.07, 6.45) is 0. The van der Waals surface area contributed by atoms with Gasteiger partial charge in [-0.2, -0.15) is 0 Å². The molecule has 2 N–H and O–H groups in total. The lowest BCUT2D eigenvalue weighted by atomic mass is 10.0. The fraction of sp³-hybridized carbons (Fsp3) is 0.455. The van der Waals surface area contributed by atoms with E-state index in [9.17, 15) is 9.50 Å². The summed E-state index contributed by atoms with van der Waals surface area (Å²) in [6, 6.07) is 3.29. The summed E-state index contributed by atoms with van der Waals surface area (Å²) in [6.45, 7) is 3.48. The zero-order chi connectivity index (χ0) is 10.8. The molecule has 82 valence electrons. The molecule has 2 rings (SSSR count). The summed E-state index contributed by atoms with van der Waals surface area (Å²) in [5.74, 6) is -0.808. The van der Waals surface area contributed by atoms with Gasteiger partial charge >= 0.3 is 0 Å². The smallest absolute Gasteiger partial charge is 0.168 e. The molecule has 0 aliphatic carbocycles. The van der Waals surface area contributed by atoms with Crippen LogP contribution in [0.2, 0.25) is 0 Å². The Balaban J connectivity index is 2.31. The number of halogens is 1. The van der Waals surface area contributed by atoms with Crippen LogP contribution in [-0.2, 0) is 4.74 Å². The van der Waals surface area contributed by atoms with Crippen LogP contribution in [0.15, 0.2) is 12.1 Å². The molecular weight excluding hydrogens is 197 g/mol. The Bertz CT molecular complexity index is 362. The molecule has 0 aromatic heterocycles. The van der Waals surface area contributed by atoms with Crippen LogP contribution in [0.5, 0.6) is 5.75 Å². The first-order chi connectivity index (χ1) is 7.20. The minimum atomic E-state index is -0.542. The van der Waals surface area contributed by atoms with Gasteiger partial charge in [0.2, 0.25) is 0 Å². The van der Waals surface area contributed by atoms with Crippen molar-refractivity contribution in [3.05, 3.63) is 29.1 Å². The zero-order valence-corrected chi connectivity index (χ0v) is 8.59. The molecule has 0 bridgehead atoms. The van der Waals surface area contributed by atoms with E-state index >= 15 is 0 Å². The maximum atomic E-state index is 13.4. The van der Waals surface area contributed by atoms with Crippen molar-refractivity contribution in [2.75, 3.05) is 19.8 Å². The topological polar surface area (TPSA) is 41.5 Å². The van der Waals surface area contributed by atoms with Crippen molar-refractivity contribution in [3.8, 4) is 5.75 Å². The highest BCUT2D eigenvalue weighted by atomic mass is 19.1. The van der Waals surface area contributed by atoms with Crippen LogP contribution in [0.1, 0.15) is 17.2 Å². The molecule has 0 saturated carbocycles. The van der Waals surface area contributed by atoms with Crippen LogP contribution < -0.4 is 5.32 Å². The Hall–Kier alpha value is -1.13. The van der Waals surface area contributed by atoms with Gasteiger partial charge in [-0.05, 0) is 12.5 Å². The monoisotopic (exact) mass is 211 g/mol. The number of phenols is 1. The molecule has 1 aromatic carbocycles. The number of benzene rings is 1. The van der Waals surface area contributed by atoms with E-state index in [1.807, 2.05) is 0 Å². The molecule has 15 heavy (non-hydrogen) atoms. The van der Waals surface area contributed by atoms with E-state index in [1.165, 1.54) is 0 Å². The summed E-state index contributed by atoms with van der Waals surface area (Å²) in [5.41, 5.74) is 1.02. The van der Waals surface area contributed by atoms with Gasteiger partial charge in [-0.25, -0.2) is 4.39 Å². The molecule has 0 amide bonds. The Morgan fingerprint density at radius 1 is 1.53 bits per heavy atom. The SMILES string of the molecule is Cc1ccc([C@H]2COCCN2)c(O)c1F. The van der Waals surface area contributed by atoms with Crippen LogP contribution in [0.25, 0.3) is 0 Å². The number of ether oxygens (including phenoxy) is 1. The number of aryl methyl sites for hydroxylation is 1. The molecule has 1 aliphatic rings. The van der Waals surface area contributed by atoms with Gasteiger partial charge in [0.15, 0.2) is 11.6 Å². The lowest BCUT2D eigenvalue weighted by Gasteiger charge is -2.25. The molecule has 0 radical (unpaired) electrons. The van der Waals surface area contributed by atoms with Crippen LogP contribution >= 0.6 is 0 Å². The van der Waals surface area contributed by atoms with E-state index in [-0.39, 0.29) is 11.8 Å². The molecule has 3 nitrogen and oxygen atoms in total. The van der Waals surface area contributed by atoms with Gasteiger partial charge in [0, 0.05) is 12.1 Å². The molecule has 1 fully saturated rings. The van der Waals surface area contributed by atoms with Crippen LogP contribution in [0.4, 0.5) is 4.39 Å². The van der Waals surface area contributed by atoms with Crippen LogP contribution in [-0.4, -0.2) is 24.9 Å². The van der Waals surface area contributed by atoms with Crippen molar-refractivity contribution in [1.82, 2.24) is 5.32 Å². The fourth-order valence-corrected chi connectivity index (χ4v) is 1.73. The van der Waals surface area contributed by atoms with Crippen LogP contribution in [0, 0.1) is 12.7 Å². The second-order valence-electron chi connectivity index (χ2n) is 3.72. The standard InChI is InChI=1S/C11H14FNO2/c1-7-2-3-8(11(14)10(7)12)9-6-15-5-4-13-9/h2-3,9,13-14H,4-6H2,1H3/t9-/m1/s1. The zero-order valence-electron chi connectivity index (χ0n) is 8.59. The molecule has 0 unspecified atom stereocenters. The number of aromatic hydroxyl groups is 1. The van der Waals surface area contributed by atoms with Crippen molar-refractivity contribution >= 4 is 0 Å². The Morgan fingerprint density at radius 3 is 3.00 bits per heavy atom. The second-order valence-corrected chi connectivity index (χ2v) is 3.72. The summed E-state index contributed by atoms with van der Waals surface area (Å²) in [5, 5.41) is 12.8. The molecule has 1 saturated heterocycles. The molecule has 4 heteroatoms. The van der Waals surface area contributed by atoms with Gasteiger partial charge in [-0.15, -0.1) is 0 Å². The van der Waals surface area contributed by atoms with E-state index in [0.717, 1.165) is 6.54 Å². The fourth-order valence-electron chi connectivity index (χ4n) is 1.73. The average molecular weight is 211 g/mol. The van der Waals surface area contributed by atoms with Gasteiger partial charge in [-0.1, -0.05) is 12.1 Å². The van der Waals surface area contributed by atoms with E-state index in [0.29, 0.717) is 24.3 Å². The summed E-state index contributed by atoms with van der Waals surface area (Å²) in [7, 11) is 0. The maximum absolute atomic E-state index is 13.4. The highest BCUT2D eigenvalue weighted by Crippen LogP contribution is 2.29. The molecule has 1 atom stereocenters. The Morgan fingerprint density at radius 2 is 2.33 bits per heavy atom. The molecule has 0 spiro atoms. The number of phenolic OH excluding ortho intramolecular Hbond substituents is 1. The Kier molecular flexibility index (Phi) is 2.88. The Labute approximate surface area is 87.9 Å². The maximum Gasteiger partial charge on any atom is 0.168 e. The van der Waals surface area contributed by atoms with Gasteiger partial charge in [-0.3, -0.25) is 0 Å². The first-order valence-corrected chi connectivity index (χ1v) is 4.99. The van der Waals surface area contributed by atoms with Gasteiger partial charge in [0.25, 0.3) is 0 Å². The van der Waals surface area contributed by atoms with E-state index in [4.69, 9.17) is 4.74 Å². The predicted octanol–water partition coefficient (Wildman–Crippen LogP) is 1.50. The van der Waals surface area contributed by atoms with Gasteiger partial charge in [0.1, 0.15) is 0 Å². The van der Waals surface area contributed by atoms with Crippen molar-refractivity contribution in [2.24, 2.45) is 0 Å². The van der Waals surface area contributed by atoms with Crippen molar-refractivity contribution < 1.29 is 14.2 Å². The number of hydrogen-bond donors (Lipinski definition) is 2. The molecular formula is C11H14FNO2. The molecule has 1 aromatic rings. The van der Waals surface area contributed by atoms with Crippen molar-refractivity contribution in [1.29, 1.82) is 0 Å². The third-order valence-corrected chi connectivity index (χ3v) is 2.64. The number of hydrogen-bond acceptors (Lipinski definition) is 3. The highest BCUT2D eigenvalue weighted by Gasteiger charge is 2.20. The van der Waals surface area contributed by atoms with E-state index in [2.05, 4.69) is 5.32 Å². The first kappa shape index (κ1) is 10.4. The molecule has 1 aliphatic heterocycles. The van der Waals surface area contributed by atoms with Crippen molar-refractivity contribution in [3.63, 3.8) is 0 Å². The van der Waals surface area contributed by atoms with E-state index < -0.39 is 5.82 Å². The molecule has 1 heterocycles. The first-order valence-electron chi connectivity index (χ1n) is 4.99. The lowest BCUT2D eigenvalue weighted by molar-refractivity contribution is 0.0759. The third kappa shape index (κ3) is 1.96. The summed E-state index contributed by atoms with van der Waals surface area (Å²) in [4.78, 5) is 0. The predicted molar refractivity (Wildman–Crippen MR) is 54.4 cm³/mol. The number of morpholine rings is 1. The minimum absolute atomic E-state index is 0.117. The number of rotatable bonds is 1. The average Bonchev–Trinajstić information content (AvgIpc) is 2.27. The highest BCUT2D eigenvalue weighted by molar-refractivity contribution is 5.40. The summed E-state index contributed by atoms with van der Waals surface area (Å²) >= 11 is 0. The van der Waals surface area contributed by atoms with Crippen molar-refractivity contribution in [2.45, 2.75) is 13.0 Å². The van der Waals surface area contributed by atoms with Gasteiger partial charge < -0.3 is 15.2 Å². The normalized spacial score (nSPS) is 21.6. The quantitative estimate of drug-likeness (QED) is 0.739. The second kappa shape index (κ2) is 4.16. The summed E-state index contributed by atoms with van der Waals surface area (Å²) < 4.78 is 18.7. The largest absolute Gasteiger partial charge is 0.505 e. The third-order valence-electron chi connectivity index (χ3n) is 2.64. The van der Waals surface area contributed by atoms with Gasteiger partial charge in [0.05, 0.1) is 19.3 Å². The number of nitrogens with one attached hydrogen (secondary N) is 1. The minimum Gasteiger partial charge on any atom is -0.505 e. The lowest BCUT2D eigenvalue weighted by Crippen LogP contribution is -2.34.